The van der Waals surface area contributed by atoms with Crippen molar-refractivity contribution in [3.05, 3.63) is 29.8 Å². The molecule has 0 aliphatic carbocycles. The first-order valence-electron chi connectivity index (χ1n) is 8.89. The van der Waals surface area contributed by atoms with Crippen LogP contribution in [-0.4, -0.2) is 23.3 Å². The molecule has 0 aliphatic rings. The van der Waals surface area contributed by atoms with Gasteiger partial charge in [0.05, 0.1) is 5.56 Å². The lowest BCUT2D eigenvalue weighted by Gasteiger charge is -2.12. The molecule has 2 N–H and O–H groups in total. The van der Waals surface area contributed by atoms with Crippen LogP contribution in [0.15, 0.2) is 24.3 Å². The van der Waals surface area contributed by atoms with Crippen molar-refractivity contribution in [3.63, 3.8) is 0 Å². The Bertz CT molecular complexity index is 457. The van der Waals surface area contributed by atoms with Crippen molar-refractivity contribution in [2.75, 3.05) is 12.3 Å². The maximum absolute atomic E-state index is 12.0. The zero-order valence-electron chi connectivity index (χ0n) is 14.7. The molecule has 0 bridgehead atoms. The number of benzene rings is 1. The fourth-order valence-corrected chi connectivity index (χ4v) is 3.15. The molecule has 1 atom stereocenters. The number of carbonyl (C=O) groups is 1. The average Bonchev–Trinajstić information content (AvgIpc) is 2.56. The molecule has 0 heterocycles. The van der Waals surface area contributed by atoms with Crippen molar-refractivity contribution in [3.8, 4) is 5.75 Å². The van der Waals surface area contributed by atoms with Crippen LogP contribution in [-0.2, 0) is 12.6 Å². The van der Waals surface area contributed by atoms with Crippen LogP contribution in [0.5, 0.6) is 5.75 Å². The maximum Gasteiger partial charge on any atom is 0.255 e. The van der Waals surface area contributed by atoms with Gasteiger partial charge >= 0.3 is 0 Å². The SMILES string of the molecule is CCCCCCCC(C[SH2+])CCCNC(=O)c1ccccc1O.[Br-]. The smallest absolute Gasteiger partial charge is 0.255 e. The van der Waals surface area contributed by atoms with E-state index in [0.29, 0.717) is 18.0 Å². The van der Waals surface area contributed by atoms with Crippen LogP contribution >= 0.6 is 0 Å². The van der Waals surface area contributed by atoms with Gasteiger partial charge in [-0.25, -0.2) is 0 Å². The number of halogens is 1. The number of rotatable bonds is 12. The number of phenolic OH excluding ortho intramolecular Hbond substituents is 1. The van der Waals surface area contributed by atoms with Crippen molar-refractivity contribution in [1.82, 2.24) is 5.32 Å². The quantitative estimate of drug-likeness (QED) is 0.392. The van der Waals surface area contributed by atoms with Crippen LogP contribution in [0.1, 0.15) is 68.6 Å². The normalized spacial score (nSPS) is 11.6. The van der Waals surface area contributed by atoms with Crippen LogP contribution in [0.4, 0.5) is 0 Å². The van der Waals surface area contributed by atoms with Gasteiger partial charge < -0.3 is 27.4 Å². The summed E-state index contributed by atoms with van der Waals surface area (Å²) in [5, 5.41) is 12.5. The molecule has 0 fully saturated rings. The number of aromatic hydroxyl groups is 1. The van der Waals surface area contributed by atoms with E-state index >= 15 is 0 Å². The summed E-state index contributed by atoms with van der Waals surface area (Å²) in [6, 6.07) is 6.65. The Balaban J connectivity index is 0.00000529. The van der Waals surface area contributed by atoms with Crippen molar-refractivity contribution >= 4 is 18.5 Å². The van der Waals surface area contributed by atoms with E-state index in [2.05, 4.69) is 24.9 Å². The highest BCUT2D eigenvalue weighted by molar-refractivity contribution is 7.58. The summed E-state index contributed by atoms with van der Waals surface area (Å²) < 4.78 is 0. The Labute approximate surface area is 162 Å². The molecule has 1 rings (SSSR count). The monoisotopic (exact) mass is 417 g/mol. The van der Waals surface area contributed by atoms with Gasteiger partial charge in [-0.15, -0.1) is 0 Å². The zero-order valence-corrected chi connectivity index (χ0v) is 17.3. The molecule has 0 radical (unpaired) electrons. The highest BCUT2D eigenvalue weighted by Gasteiger charge is 2.11. The van der Waals surface area contributed by atoms with Gasteiger partial charge in [-0.3, -0.25) is 4.79 Å². The summed E-state index contributed by atoms with van der Waals surface area (Å²) in [5.41, 5.74) is 0.347. The molecule has 1 amide bonds. The molecule has 5 heteroatoms. The molecule has 138 valence electrons. The van der Waals surface area contributed by atoms with Crippen LogP contribution in [0.2, 0.25) is 0 Å². The third kappa shape index (κ3) is 9.58. The van der Waals surface area contributed by atoms with Gasteiger partial charge in [0.1, 0.15) is 11.5 Å². The van der Waals surface area contributed by atoms with Gasteiger partial charge in [0, 0.05) is 12.5 Å². The molecule has 0 aromatic heterocycles. The van der Waals surface area contributed by atoms with E-state index in [1.165, 1.54) is 44.6 Å². The lowest BCUT2D eigenvalue weighted by molar-refractivity contribution is -0.0000146. The number of hydrogen-bond donors (Lipinski definition) is 2. The summed E-state index contributed by atoms with van der Waals surface area (Å²) in [6.45, 7) is 2.90. The lowest BCUT2D eigenvalue weighted by Crippen LogP contribution is -3.00. The first kappa shape index (κ1) is 23.3. The van der Waals surface area contributed by atoms with Crippen LogP contribution < -0.4 is 22.3 Å². The standard InChI is InChI=1S/C19H31NO2S.BrH/c1-2-3-4-5-6-10-16(15-23)11-9-14-20-19(22)17-12-7-8-13-18(17)21;/h7-8,12-13,16,21,23H,2-6,9-11,14-15H2,1H3,(H,20,22);1H. The number of phenols is 1. The van der Waals surface area contributed by atoms with E-state index < -0.39 is 0 Å². The summed E-state index contributed by atoms with van der Waals surface area (Å²) in [5.74, 6) is 1.56. The van der Waals surface area contributed by atoms with Crippen LogP contribution in [0.25, 0.3) is 0 Å². The van der Waals surface area contributed by atoms with Crippen molar-refractivity contribution < 1.29 is 26.9 Å². The van der Waals surface area contributed by atoms with Gasteiger partial charge in [-0.05, 0) is 44.0 Å². The van der Waals surface area contributed by atoms with E-state index in [9.17, 15) is 9.90 Å². The molecular formula is C19H32BrNO2S. The van der Waals surface area contributed by atoms with Gasteiger partial charge in [0.2, 0.25) is 0 Å². The summed E-state index contributed by atoms with van der Waals surface area (Å²) >= 11 is 3.66. The van der Waals surface area contributed by atoms with Crippen LogP contribution in [0.3, 0.4) is 0 Å². The lowest BCUT2D eigenvalue weighted by atomic mass is 9.97. The molecule has 24 heavy (non-hydrogen) atoms. The average molecular weight is 418 g/mol. The molecule has 3 nitrogen and oxygen atoms in total. The maximum atomic E-state index is 12.0. The molecule has 1 aromatic rings. The summed E-state index contributed by atoms with van der Waals surface area (Å²) in [6.07, 6.45) is 9.99. The van der Waals surface area contributed by atoms with Gasteiger partial charge in [-0.2, -0.15) is 0 Å². The Morgan fingerprint density at radius 2 is 1.79 bits per heavy atom. The van der Waals surface area contributed by atoms with E-state index in [0.717, 1.165) is 18.6 Å². The first-order chi connectivity index (χ1) is 11.2. The molecule has 1 unspecified atom stereocenters. The Morgan fingerprint density at radius 3 is 2.46 bits per heavy atom. The van der Waals surface area contributed by atoms with E-state index in [1.807, 2.05) is 0 Å². The molecule has 0 spiro atoms. The van der Waals surface area contributed by atoms with E-state index in [4.69, 9.17) is 0 Å². The molecule has 0 saturated heterocycles. The minimum Gasteiger partial charge on any atom is -1.00 e. The third-order valence-electron chi connectivity index (χ3n) is 4.23. The highest BCUT2D eigenvalue weighted by Crippen LogP contribution is 2.17. The number of unbranched alkanes of at least 4 members (excludes halogenated alkanes) is 4. The fraction of sp³-hybridized carbons (Fsp3) is 0.632. The topological polar surface area (TPSA) is 49.3 Å². The predicted octanol–water partition coefficient (Wildman–Crippen LogP) is 0.894. The highest BCUT2D eigenvalue weighted by atomic mass is 79.9. The minimum absolute atomic E-state index is 0. The Hall–Kier alpha value is -0.680. The second-order valence-electron chi connectivity index (χ2n) is 6.19. The molecule has 0 aliphatic heterocycles. The van der Waals surface area contributed by atoms with Gasteiger partial charge in [0.15, 0.2) is 0 Å². The van der Waals surface area contributed by atoms with E-state index in [1.54, 1.807) is 18.2 Å². The van der Waals surface area contributed by atoms with Gasteiger partial charge in [0.25, 0.3) is 5.91 Å². The Morgan fingerprint density at radius 1 is 1.12 bits per heavy atom. The zero-order chi connectivity index (χ0) is 16.9. The predicted molar refractivity (Wildman–Crippen MR) is 102 cm³/mol. The summed E-state index contributed by atoms with van der Waals surface area (Å²) in [7, 11) is 0. The number of amides is 1. The second kappa shape index (κ2) is 14.6. The van der Waals surface area contributed by atoms with Crippen molar-refractivity contribution in [2.24, 2.45) is 5.92 Å². The van der Waals surface area contributed by atoms with Crippen LogP contribution in [0, 0.1) is 5.92 Å². The van der Waals surface area contributed by atoms with Gasteiger partial charge in [-0.1, -0.05) is 51.2 Å². The largest absolute Gasteiger partial charge is 1.00 e. The third-order valence-corrected chi connectivity index (χ3v) is 4.81. The number of para-hydroxylation sites is 1. The molecule has 0 saturated carbocycles. The Kier molecular flexibility index (Phi) is 14.2. The summed E-state index contributed by atoms with van der Waals surface area (Å²) in [4.78, 5) is 12.0. The number of carbonyl (C=O) groups excluding carboxylic acids is 1. The van der Waals surface area contributed by atoms with Crippen molar-refractivity contribution in [1.29, 1.82) is 0 Å². The number of nitrogens with one attached hydrogen (secondary N) is 1. The second-order valence-corrected chi connectivity index (χ2v) is 6.60. The van der Waals surface area contributed by atoms with Crippen molar-refractivity contribution in [2.45, 2.75) is 58.3 Å². The number of hydrogen-bond acceptors (Lipinski definition) is 2. The molecule has 1 aromatic carbocycles. The minimum atomic E-state index is -0.197. The first-order valence-corrected chi connectivity index (χ1v) is 9.60. The fourth-order valence-electron chi connectivity index (χ4n) is 2.74. The van der Waals surface area contributed by atoms with E-state index in [-0.39, 0.29) is 28.6 Å². The molecular weight excluding hydrogens is 386 g/mol.